The number of hydrogen-bond acceptors (Lipinski definition) is 3. The summed E-state index contributed by atoms with van der Waals surface area (Å²) in [6.45, 7) is 1.81. The first-order valence-electron chi connectivity index (χ1n) is 9.00. The van der Waals surface area contributed by atoms with Crippen LogP contribution in [-0.2, 0) is 11.2 Å². The summed E-state index contributed by atoms with van der Waals surface area (Å²) in [5, 5.41) is 5.72. The Morgan fingerprint density at radius 2 is 1.85 bits per heavy atom. The van der Waals surface area contributed by atoms with Crippen LogP contribution in [0.5, 0.6) is 0 Å². The molecule has 1 aromatic carbocycles. The lowest BCUT2D eigenvalue weighted by atomic mass is 9.94. The molecule has 0 aliphatic heterocycles. The van der Waals surface area contributed by atoms with Crippen LogP contribution in [0, 0.1) is 12.8 Å². The largest absolute Gasteiger partial charge is 0.354 e. The van der Waals surface area contributed by atoms with Crippen LogP contribution in [0.3, 0.4) is 0 Å². The molecule has 1 fully saturated rings. The molecule has 0 atom stereocenters. The zero-order chi connectivity index (χ0) is 18.3. The number of rotatable bonds is 4. The van der Waals surface area contributed by atoms with Gasteiger partial charge in [0.25, 0.3) is 5.91 Å². The number of H-pyrrole nitrogens is 1. The van der Waals surface area contributed by atoms with Crippen molar-refractivity contribution in [3.63, 3.8) is 0 Å². The van der Waals surface area contributed by atoms with Crippen molar-refractivity contribution in [1.29, 1.82) is 0 Å². The number of carbonyl (C=O) groups is 3. The summed E-state index contributed by atoms with van der Waals surface area (Å²) in [6.07, 6.45) is 4.03. The standard InChI is InChI=1S/C20H21N3O3/c1-11-17-15(6-3-7-16(17)24)23-18(11)20(26)22-14-5-2-4-13(10-14)21-19(25)12-8-9-12/h2,4-5,10,12,23H,3,6-9H2,1H3,(H,21,25)(H,22,26). The fourth-order valence-corrected chi connectivity index (χ4v) is 3.46. The van der Waals surface area contributed by atoms with E-state index >= 15 is 0 Å². The molecule has 2 aliphatic carbocycles. The minimum absolute atomic E-state index is 0.0277. The number of nitrogens with one attached hydrogen (secondary N) is 3. The lowest BCUT2D eigenvalue weighted by molar-refractivity contribution is -0.117. The van der Waals surface area contributed by atoms with E-state index in [1.54, 1.807) is 31.2 Å². The average molecular weight is 351 g/mol. The molecular formula is C20H21N3O3. The second kappa shape index (κ2) is 6.44. The van der Waals surface area contributed by atoms with Gasteiger partial charge in [0, 0.05) is 35.0 Å². The molecular weight excluding hydrogens is 330 g/mol. The second-order valence-corrected chi connectivity index (χ2v) is 7.05. The zero-order valence-electron chi connectivity index (χ0n) is 14.6. The lowest BCUT2D eigenvalue weighted by Gasteiger charge is -2.09. The van der Waals surface area contributed by atoms with Crippen LogP contribution in [-0.4, -0.2) is 22.6 Å². The molecule has 0 spiro atoms. The highest BCUT2D eigenvalue weighted by molar-refractivity contribution is 6.08. The quantitative estimate of drug-likeness (QED) is 0.788. The number of aromatic nitrogens is 1. The van der Waals surface area contributed by atoms with Gasteiger partial charge in [-0.1, -0.05) is 6.07 Å². The number of anilines is 2. The van der Waals surface area contributed by atoms with E-state index in [1.807, 2.05) is 0 Å². The number of benzene rings is 1. The van der Waals surface area contributed by atoms with Crippen molar-refractivity contribution in [1.82, 2.24) is 4.98 Å². The average Bonchev–Trinajstić information content (AvgIpc) is 3.40. The third-order valence-electron chi connectivity index (χ3n) is 5.00. The van der Waals surface area contributed by atoms with Gasteiger partial charge in [0.15, 0.2) is 5.78 Å². The van der Waals surface area contributed by atoms with Gasteiger partial charge in [-0.15, -0.1) is 0 Å². The van der Waals surface area contributed by atoms with Gasteiger partial charge < -0.3 is 15.6 Å². The van der Waals surface area contributed by atoms with Gasteiger partial charge >= 0.3 is 0 Å². The predicted octanol–water partition coefficient (Wildman–Crippen LogP) is 3.44. The molecule has 1 heterocycles. The van der Waals surface area contributed by atoms with Crippen molar-refractivity contribution in [2.75, 3.05) is 10.6 Å². The fourth-order valence-electron chi connectivity index (χ4n) is 3.46. The Balaban J connectivity index is 1.51. The smallest absolute Gasteiger partial charge is 0.272 e. The summed E-state index contributed by atoms with van der Waals surface area (Å²) >= 11 is 0. The Bertz CT molecular complexity index is 909. The van der Waals surface area contributed by atoms with E-state index in [-0.39, 0.29) is 23.5 Å². The third kappa shape index (κ3) is 3.14. The molecule has 134 valence electrons. The Morgan fingerprint density at radius 1 is 1.12 bits per heavy atom. The predicted molar refractivity (Wildman–Crippen MR) is 98.5 cm³/mol. The molecule has 0 bridgehead atoms. The molecule has 6 heteroatoms. The summed E-state index contributed by atoms with van der Waals surface area (Å²) in [6, 6.07) is 7.09. The van der Waals surface area contributed by atoms with Crippen molar-refractivity contribution in [2.24, 2.45) is 5.92 Å². The van der Waals surface area contributed by atoms with E-state index < -0.39 is 0 Å². The van der Waals surface area contributed by atoms with E-state index in [2.05, 4.69) is 15.6 Å². The van der Waals surface area contributed by atoms with Crippen LogP contribution in [0.25, 0.3) is 0 Å². The first-order valence-corrected chi connectivity index (χ1v) is 9.00. The molecule has 2 aromatic rings. The van der Waals surface area contributed by atoms with Gasteiger partial charge in [-0.25, -0.2) is 0 Å². The minimum Gasteiger partial charge on any atom is -0.354 e. The minimum atomic E-state index is -0.282. The molecule has 3 N–H and O–H groups in total. The second-order valence-electron chi connectivity index (χ2n) is 7.05. The van der Waals surface area contributed by atoms with Crippen molar-refractivity contribution >= 4 is 29.0 Å². The van der Waals surface area contributed by atoms with Crippen LogP contribution in [0.4, 0.5) is 11.4 Å². The van der Waals surface area contributed by atoms with Crippen LogP contribution < -0.4 is 10.6 Å². The Morgan fingerprint density at radius 3 is 2.54 bits per heavy atom. The Hall–Kier alpha value is -2.89. The normalized spacial score (nSPS) is 16.1. The van der Waals surface area contributed by atoms with E-state index in [4.69, 9.17) is 0 Å². The number of hydrogen-bond donors (Lipinski definition) is 3. The summed E-state index contributed by atoms with van der Waals surface area (Å²) in [5.74, 6) is -0.0299. The fraction of sp³-hybridized carbons (Fsp3) is 0.350. The third-order valence-corrected chi connectivity index (χ3v) is 5.00. The van der Waals surface area contributed by atoms with E-state index in [1.165, 1.54) is 0 Å². The number of Topliss-reactive ketones (excluding diaryl/α,β-unsaturated/α-hetero) is 1. The maximum Gasteiger partial charge on any atom is 0.272 e. The molecule has 4 rings (SSSR count). The van der Waals surface area contributed by atoms with Crippen molar-refractivity contribution in [2.45, 2.75) is 39.0 Å². The van der Waals surface area contributed by atoms with Crippen molar-refractivity contribution in [3.8, 4) is 0 Å². The van der Waals surface area contributed by atoms with Crippen LogP contribution in [0.15, 0.2) is 24.3 Å². The van der Waals surface area contributed by atoms with Crippen LogP contribution in [0.1, 0.15) is 57.8 Å². The summed E-state index contributed by atoms with van der Waals surface area (Å²) in [7, 11) is 0. The highest BCUT2D eigenvalue weighted by Gasteiger charge is 2.29. The molecule has 2 amide bonds. The number of amides is 2. The highest BCUT2D eigenvalue weighted by Crippen LogP contribution is 2.31. The van der Waals surface area contributed by atoms with E-state index in [9.17, 15) is 14.4 Å². The molecule has 6 nitrogen and oxygen atoms in total. The molecule has 26 heavy (non-hydrogen) atoms. The Labute approximate surface area is 151 Å². The number of ketones is 1. The van der Waals surface area contributed by atoms with Crippen LogP contribution >= 0.6 is 0 Å². The number of fused-ring (bicyclic) bond motifs is 1. The molecule has 0 saturated heterocycles. The summed E-state index contributed by atoms with van der Waals surface area (Å²) < 4.78 is 0. The van der Waals surface area contributed by atoms with Gasteiger partial charge in [-0.2, -0.15) is 0 Å². The molecule has 2 aliphatic rings. The Kier molecular flexibility index (Phi) is 4.11. The number of aromatic amines is 1. The molecule has 1 saturated carbocycles. The summed E-state index contributed by atoms with van der Waals surface area (Å²) in [5.41, 5.74) is 3.93. The topological polar surface area (TPSA) is 91.1 Å². The SMILES string of the molecule is Cc1c(C(=O)Nc2cccc(NC(=O)C3CC3)c2)[nH]c2c1C(=O)CCC2. The maximum atomic E-state index is 12.7. The molecule has 1 aromatic heterocycles. The molecule has 0 radical (unpaired) electrons. The van der Waals surface area contributed by atoms with Gasteiger partial charge in [-0.3, -0.25) is 14.4 Å². The monoisotopic (exact) mass is 351 g/mol. The number of carbonyl (C=O) groups excluding carboxylic acids is 3. The first kappa shape index (κ1) is 16.6. The highest BCUT2D eigenvalue weighted by atomic mass is 16.2. The van der Waals surface area contributed by atoms with E-state index in [0.717, 1.165) is 31.4 Å². The van der Waals surface area contributed by atoms with Crippen LogP contribution in [0.2, 0.25) is 0 Å². The van der Waals surface area contributed by atoms with Gasteiger partial charge in [0.05, 0.1) is 0 Å². The van der Waals surface area contributed by atoms with Crippen molar-refractivity contribution in [3.05, 3.63) is 46.8 Å². The van der Waals surface area contributed by atoms with Gasteiger partial charge in [0.2, 0.25) is 5.91 Å². The zero-order valence-corrected chi connectivity index (χ0v) is 14.6. The lowest BCUT2D eigenvalue weighted by Crippen LogP contribution is -2.15. The van der Waals surface area contributed by atoms with E-state index in [0.29, 0.717) is 34.6 Å². The van der Waals surface area contributed by atoms with Crippen molar-refractivity contribution < 1.29 is 14.4 Å². The van der Waals surface area contributed by atoms with Gasteiger partial charge in [0.1, 0.15) is 5.69 Å². The first-order chi connectivity index (χ1) is 12.5. The number of aryl methyl sites for hydroxylation is 1. The maximum absolute atomic E-state index is 12.7. The molecule has 0 unspecified atom stereocenters. The van der Waals surface area contributed by atoms with Gasteiger partial charge in [-0.05, 0) is 56.4 Å². The summed E-state index contributed by atoms with van der Waals surface area (Å²) in [4.78, 5) is 39.8.